The lowest BCUT2D eigenvalue weighted by molar-refractivity contribution is -0.139. The van der Waals surface area contributed by atoms with Gasteiger partial charge in [0.2, 0.25) is 21.8 Å². The first-order valence-corrected chi connectivity index (χ1v) is 14.1. The van der Waals surface area contributed by atoms with Gasteiger partial charge in [0, 0.05) is 12.6 Å². The number of rotatable bonds is 10. The quantitative estimate of drug-likeness (QED) is 0.534. The van der Waals surface area contributed by atoms with E-state index in [4.69, 9.17) is 0 Å². The predicted octanol–water partition coefficient (Wildman–Crippen LogP) is 4.05. The average molecular weight is 500 g/mol. The van der Waals surface area contributed by atoms with Crippen LogP contribution in [0.15, 0.2) is 54.6 Å². The molecule has 8 heteroatoms. The molecule has 0 heterocycles. The second-order valence-electron chi connectivity index (χ2n) is 9.69. The normalized spacial score (nSPS) is 15.1. The van der Waals surface area contributed by atoms with Crippen molar-refractivity contribution in [3.8, 4) is 0 Å². The summed E-state index contributed by atoms with van der Waals surface area (Å²) in [6.45, 7) is 5.66. The van der Waals surface area contributed by atoms with Gasteiger partial charge in [-0.15, -0.1) is 0 Å². The average Bonchev–Trinajstić information content (AvgIpc) is 3.33. The number of carbonyl (C=O) groups excluding carboxylic acids is 2. The second kappa shape index (κ2) is 11.7. The summed E-state index contributed by atoms with van der Waals surface area (Å²) in [5.41, 5.74) is 2.37. The number of anilines is 1. The monoisotopic (exact) mass is 499 g/mol. The molecule has 2 amide bonds. The molecule has 0 spiro atoms. The first kappa shape index (κ1) is 26.7. The van der Waals surface area contributed by atoms with Crippen LogP contribution in [0.2, 0.25) is 0 Å². The molecule has 0 unspecified atom stereocenters. The van der Waals surface area contributed by atoms with Crippen LogP contribution >= 0.6 is 0 Å². The Morgan fingerprint density at radius 2 is 1.57 bits per heavy atom. The molecule has 1 aliphatic carbocycles. The van der Waals surface area contributed by atoms with Gasteiger partial charge in [-0.25, -0.2) is 8.42 Å². The number of hydrogen-bond donors (Lipinski definition) is 1. The van der Waals surface area contributed by atoms with Crippen LogP contribution in [-0.2, 0) is 26.2 Å². The van der Waals surface area contributed by atoms with Crippen LogP contribution < -0.4 is 9.62 Å². The molecule has 0 aromatic heterocycles. The summed E-state index contributed by atoms with van der Waals surface area (Å²) in [5, 5.41) is 3.07. The molecule has 7 nitrogen and oxygen atoms in total. The number of carbonyl (C=O) groups is 2. The third-order valence-corrected chi connectivity index (χ3v) is 7.73. The first-order chi connectivity index (χ1) is 16.6. The van der Waals surface area contributed by atoms with Crippen molar-refractivity contribution in [1.29, 1.82) is 0 Å². The summed E-state index contributed by atoms with van der Waals surface area (Å²) in [5.74, 6) is -0.340. The molecule has 35 heavy (non-hydrogen) atoms. The van der Waals surface area contributed by atoms with E-state index in [0.29, 0.717) is 11.6 Å². The van der Waals surface area contributed by atoms with Gasteiger partial charge >= 0.3 is 0 Å². The fourth-order valence-corrected chi connectivity index (χ4v) is 5.24. The van der Waals surface area contributed by atoms with Gasteiger partial charge in [0.05, 0.1) is 11.9 Å². The minimum atomic E-state index is -3.73. The Kier molecular flexibility index (Phi) is 8.94. The summed E-state index contributed by atoms with van der Waals surface area (Å²) >= 11 is 0. The first-order valence-electron chi connectivity index (χ1n) is 12.3. The highest BCUT2D eigenvalue weighted by molar-refractivity contribution is 7.92. The SMILES string of the molecule is CC(C)c1ccc(N(CC(=O)N(Cc2ccccc2)[C@@H](C)C(=O)NC2CCCC2)S(C)(=O)=O)cc1. The van der Waals surface area contributed by atoms with E-state index in [1.165, 1.54) is 4.90 Å². The fraction of sp³-hybridized carbons (Fsp3) is 0.481. The molecule has 0 radical (unpaired) electrons. The summed E-state index contributed by atoms with van der Waals surface area (Å²) in [6.07, 6.45) is 5.16. The smallest absolute Gasteiger partial charge is 0.244 e. The van der Waals surface area contributed by atoms with E-state index >= 15 is 0 Å². The maximum absolute atomic E-state index is 13.6. The summed E-state index contributed by atoms with van der Waals surface area (Å²) in [6, 6.07) is 16.0. The fourth-order valence-electron chi connectivity index (χ4n) is 4.39. The molecule has 0 bridgehead atoms. The number of nitrogens with one attached hydrogen (secondary N) is 1. The van der Waals surface area contributed by atoms with E-state index in [1.54, 1.807) is 19.1 Å². The van der Waals surface area contributed by atoms with Crippen LogP contribution in [0.1, 0.15) is 63.5 Å². The van der Waals surface area contributed by atoms with Gasteiger partial charge in [0.15, 0.2) is 0 Å². The van der Waals surface area contributed by atoms with Gasteiger partial charge in [-0.2, -0.15) is 0 Å². The van der Waals surface area contributed by atoms with Gasteiger partial charge in [0.1, 0.15) is 12.6 Å². The molecule has 1 N–H and O–H groups in total. The molecule has 1 saturated carbocycles. The van der Waals surface area contributed by atoms with Crippen molar-refractivity contribution in [2.24, 2.45) is 0 Å². The molecular formula is C27H37N3O4S. The number of amides is 2. The maximum Gasteiger partial charge on any atom is 0.244 e. The standard InChI is InChI=1S/C27H37N3O4S/c1-20(2)23-14-16-25(17-15-23)30(35(4,33)34)19-26(31)29(18-22-10-6-5-7-11-22)21(3)27(32)28-24-12-8-9-13-24/h5-7,10-11,14-17,20-21,24H,8-9,12-13,18-19H2,1-4H3,(H,28,32)/t21-/m0/s1. The van der Waals surface area contributed by atoms with E-state index in [1.807, 2.05) is 42.5 Å². The van der Waals surface area contributed by atoms with Crippen molar-refractivity contribution in [3.05, 3.63) is 65.7 Å². The summed E-state index contributed by atoms with van der Waals surface area (Å²) < 4.78 is 26.5. The summed E-state index contributed by atoms with van der Waals surface area (Å²) in [4.78, 5) is 28.1. The molecule has 1 atom stereocenters. The number of nitrogens with zero attached hydrogens (tertiary/aromatic N) is 2. The molecule has 2 aromatic carbocycles. The van der Waals surface area contributed by atoms with Crippen molar-refractivity contribution >= 4 is 27.5 Å². The van der Waals surface area contributed by atoms with Gasteiger partial charge in [-0.05, 0) is 48.9 Å². The highest BCUT2D eigenvalue weighted by Gasteiger charge is 2.31. The van der Waals surface area contributed by atoms with Crippen molar-refractivity contribution in [2.75, 3.05) is 17.1 Å². The molecule has 2 aromatic rings. The largest absolute Gasteiger partial charge is 0.352 e. The van der Waals surface area contributed by atoms with Crippen molar-refractivity contribution < 1.29 is 18.0 Å². The zero-order chi connectivity index (χ0) is 25.6. The van der Waals surface area contributed by atoms with Crippen LogP contribution in [0, 0.1) is 0 Å². The Bertz CT molecular complexity index is 1100. The molecular weight excluding hydrogens is 462 g/mol. The lowest BCUT2D eigenvalue weighted by atomic mass is 10.0. The van der Waals surface area contributed by atoms with E-state index in [9.17, 15) is 18.0 Å². The van der Waals surface area contributed by atoms with Crippen LogP contribution in [0.5, 0.6) is 0 Å². The van der Waals surface area contributed by atoms with Gasteiger partial charge in [-0.1, -0.05) is 69.2 Å². The van der Waals surface area contributed by atoms with Crippen molar-refractivity contribution in [2.45, 2.75) is 71.0 Å². The molecule has 3 rings (SSSR count). The highest BCUT2D eigenvalue weighted by atomic mass is 32.2. The van der Waals surface area contributed by atoms with Crippen LogP contribution in [0.25, 0.3) is 0 Å². The zero-order valence-electron chi connectivity index (χ0n) is 21.1. The summed E-state index contributed by atoms with van der Waals surface area (Å²) in [7, 11) is -3.73. The number of benzene rings is 2. The Morgan fingerprint density at radius 3 is 2.11 bits per heavy atom. The highest BCUT2D eigenvalue weighted by Crippen LogP contribution is 2.23. The zero-order valence-corrected chi connectivity index (χ0v) is 21.9. The lowest BCUT2D eigenvalue weighted by Gasteiger charge is -2.32. The Morgan fingerprint density at radius 1 is 0.971 bits per heavy atom. The molecule has 1 fully saturated rings. The third-order valence-electron chi connectivity index (χ3n) is 6.59. The van der Waals surface area contributed by atoms with Gasteiger partial charge in [-0.3, -0.25) is 13.9 Å². The van der Waals surface area contributed by atoms with E-state index in [-0.39, 0.29) is 25.0 Å². The van der Waals surface area contributed by atoms with E-state index < -0.39 is 22.0 Å². The van der Waals surface area contributed by atoms with Crippen LogP contribution in [0.3, 0.4) is 0 Å². The Labute approximate surface area is 209 Å². The van der Waals surface area contributed by atoms with E-state index in [0.717, 1.165) is 47.4 Å². The van der Waals surface area contributed by atoms with Crippen molar-refractivity contribution in [3.63, 3.8) is 0 Å². The van der Waals surface area contributed by atoms with Crippen LogP contribution in [-0.4, -0.2) is 50.0 Å². The van der Waals surface area contributed by atoms with E-state index in [2.05, 4.69) is 19.2 Å². The predicted molar refractivity (Wildman–Crippen MR) is 140 cm³/mol. The van der Waals surface area contributed by atoms with Crippen molar-refractivity contribution in [1.82, 2.24) is 10.2 Å². The molecule has 0 aliphatic heterocycles. The Hall–Kier alpha value is -2.87. The topological polar surface area (TPSA) is 86.8 Å². The maximum atomic E-state index is 13.6. The van der Waals surface area contributed by atoms with Gasteiger partial charge < -0.3 is 10.2 Å². The minimum absolute atomic E-state index is 0.130. The minimum Gasteiger partial charge on any atom is -0.352 e. The second-order valence-corrected chi connectivity index (χ2v) is 11.6. The Balaban J connectivity index is 1.85. The molecule has 190 valence electrons. The number of sulfonamides is 1. The van der Waals surface area contributed by atoms with Crippen LogP contribution in [0.4, 0.5) is 5.69 Å². The third kappa shape index (κ3) is 7.31. The van der Waals surface area contributed by atoms with Gasteiger partial charge in [0.25, 0.3) is 0 Å². The molecule has 1 aliphatic rings. The molecule has 0 saturated heterocycles. The lowest BCUT2D eigenvalue weighted by Crippen LogP contribution is -2.52. The number of hydrogen-bond acceptors (Lipinski definition) is 4.